The van der Waals surface area contributed by atoms with Crippen LogP contribution in [0.1, 0.15) is 43.7 Å². The van der Waals surface area contributed by atoms with Gasteiger partial charge in [-0.3, -0.25) is 0 Å². The predicted molar refractivity (Wildman–Crippen MR) is 77.2 cm³/mol. The molecule has 0 radical (unpaired) electrons. The average Bonchev–Trinajstić information content (AvgIpc) is 2.99. The molecule has 5 heteroatoms. The Morgan fingerprint density at radius 2 is 2.20 bits per heavy atom. The van der Waals surface area contributed by atoms with Crippen molar-refractivity contribution in [2.24, 2.45) is 16.8 Å². The maximum Gasteiger partial charge on any atom is 0.170 e. The third kappa shape index (κ3) is 3.48. The van der Waals surface area contributed by atoms with Crippen molar-refractivity contribution in [1.29, 1.82) is 0 Å². The molecule has 4 nitrogen and oxygen atoms in total. The van der Waals surface area contributed by atoms with Crippen LogP contribution in [-0.4, -0.2) is 17.1 Å². The zero-order valence-electron chi connectivity index (χ0n) is 11.8. The Kier molecular flexibility index (Phi) is 4.95. The van der Waals surface area contributed by atoms with E-state index in [-0.39, 0.29) is 11.7 Å². The minimum absolute atomic E-state index is 0.0604. The Bertz CT molecular complexity index is 484. The number of hydrogen-bond acceptors (Lipinski definition) is 3. The first-order chi connectivity index (χ1) is 9.61. The lowest BCUT2D eigenvalue weighted by atomic mass is 9.99. The highest BCUT2D eigenvalue weighted by Crippen LogP contribution is 2.27. The summed E-state index contributed by atoms with van der Waals surface area (Å²) in [5.41, 5.74) is 6.88. The Hall–Kier alpha value is -1.62. The van der Waals surface area contributed by atoms with Crippen LogP contribution in [0.25, 0.3) is 0 Å². The van der Waals surface area contributed by atoms with Crippen molar-refractivity contribution in [2.75, 3.05) is 0 Å². The molecule has 0 aliphatic heterocycles. The molecule has 0 saturated heterocycles. The number of oxime groups is 1. The number of rotatable bonds is 5. The normalized spacial score (nSPS) is 18.4. The van der Waals surface area contributed by atoms with Crippen molar-refractivity contribution in [3.63, 3.8) is 0 Å². The Morgan fingerprint density at radius 3 is 2.85 bits per heavy atom. The van der Waals surface area contributed by atoms with Gasteiger partial charge in [-0.1, -0.05) is 24.1 Å². The first-order valence-electron chi connectivity index (χ1n) is 7.11. The highest BCUT2D eigenvalue weighted by atomic mass is 19.1. The molecule has 0 bridgehead atoms. The van der Waals surface area contributed by atoms with E-state index >= 15 is 0 Å². The number of nitrogens with one attached hydrogen (secondary N) is 1. The number of halogens is 1. The molecule has 1 aromatic rings. The molecule has 110 valence electrons. The zero-order chi connectivity index (χ0) is 14.5. The largest absolute Gasteiger partial charge is 0.409 e. The molecule has 2 rings (SSSR count). The summed E-state index contributed by atoms with van der Waals surface area (Å²) < 4.78 is 13.3. The number of hydrogen-bond donors (Lipinski definition) is 3. The SMILES string of the molecule is C[C@@H](NCc1ccc(F)cc1/C(N)=N/O)C1CCCC1. The molecule has 1 fully saturated rings. The average molecular weight is 279 g/mol. The van der Waals surface area contributed by atoms with Gasteiger partial charge in [0.2, 0.25) is 0 Å². The van der Waals surface area contributed by atoms with E-state index in [1.54, 1.807) is 6.07 Å². The van der Waals surface area contributed by atoms with E-state index in [2.05, 4.69) is 17.4 Å². The van der Waals surface area contributed by atoms with Crippen LogP contribution in [0.4, 0.5) is 4.39 Å². The van der Waals surface area contributed by atoms with Crippen molar-refractivity contribution in [3.05, 3.63) is 35.1 Å². The molecule has 1 saturated carbocycles. The van der Waals surface area contributed by atoms with Crippen molar-refractivity contribution >= 4 is 5.84 Å². The molecule has 1 aromatic carbocycles. The molecule has 1 aliphatic rings. The molecular formula is C15H22FN3O. The summed E-state index contributed by atoms with van der Waals surface area (Å²) in [6.07, 6.45) is 5.15. The fourth-order valence-electron chi connectivity index (χ4n) is 2.89. The van der Waals surface area contributed by atoms with Crippen LogP contribution in [0.15, 0.2) is 23.4 Å². The minimum atomic E-state index is -0.390. The van der Waals surface area contributed by atoms with Crippen LogP contribution in [0.5, 0.6) is 0 Å². The quantitative estimate of drug-likeness (QED) is 0.336. The van der Waals surface area contributed by atoms with Crippen molar-refractivity contribution in [3.8, 4) is 0 Å². The van der Waals surface area contributed by atoms with Crippen LogP contribution in [0.3, 0.4) is 0 Å². The summed E-state index contributed by atoms with van der Waals surface area (Å²) in [5, 5.41) is 15.2. The van der Waals surface area contributed by atoms with Gasteiger partial charge in [0.15, 0.2) is 5.84 Å². The van der Waals surface area contributed by atoms with Gasteiger partial charge in [0.25, 0.3) is 0 Å². The van der Waals surface area contributed by atoms with E-state index in [9.17, 15) is 4.39 Å². The number of amidine groups is 1. The fraction of sp³-hybridized carbons (Fsp3) is 0.533. The highest BCUT2D eigenvalue weighted by Gasteiger charge is 2.21. The molecule has 0 spiro atoms. The topological polar surface area (TPSA) is 70.6 Å². The standard InChI is InChI=1S/C15H22FN3O/c1-10(11-4-2-3-5-11)18-9-12-6-7-13(16)8-14(12)15(17)19-20/h6-8,10-11,18,20H,2-5,9H2,1H3,(H2,17,19)/t10-/m1/s1. The zero-order valence-corrected chi connectivity index (χ0v) is 11.8. The van der Waals surface area contributed by atoms with Gasteiger partial charge in [-0.05, 0) is 43.4 Å². The maximum atomic E-state index is 13.3. The van der Waals surface area contributed by atoms with Gasteiger partial charge in [-0.25, -0.2) is 4.39 Å². The molecule has 4 N–H and O–H groups in total. The Balaban J connectivity index is 2.05. The van der Waals surface area contributed by atoms with Crippen LogP contribution in [-0.2, 0) is 6.54 Å². The van der Waals surface area contributed by atoms with Gasteiger partial charge in [0, 0.05) is 18.2 Å². The molecule has 0 unspecified atom stereocenters. The molecular weight excluding hydrogens is 257 g/mol. The van der Waals surface area contributed by atoms with Crippen LogP contribution >= 0.6 is 0 Å². The second-order valence-corrected chi connectivity index (χ2v) is 5.50. The van der Waals surface area contributed by atoms with Gasteiger partial charge in [0.1, 0.15) is 5.82 Å². The van der Waals surface area contributed by atoms with Crippen LogP contribution < -0.4 is 11.1 Å². The van der Waals surface area contributed by atoms with E-state index in [0.29, 0.717) is 24.1 Å². The second-order valence-electron chi connectivity index (χ2n) is 5.50. The monoisotopic (exact) mass is 279 g/mol. The summed E-state index contributed by atoms with van der Waals surface area (Å²) >= 11 is 0. The number of nitrogens with zero attached hydrogens (tertiary/aromatic N) is 1. The van der Waals surface area contributed by atoms with Gasteiger partial charge in [-0.15, -0.1) is 0 Å². The van der Waals surface area contributed by atoms with E-state index in [1.165, 1.54) is 37.8 Å². The Morgan fingerprint density at radius 1 is 1.50 bits per heavy atom. The van der Waals surface area contributed by atoms with Crippen molar-refractivity contribution in [1.82, 2.24) is 5.32 Å². The van der Waals surface area contributed by atoms with Gasteiger partial charge < -0.3 is 16.3 Å². The third-order valence-corrected chi connectivity index (χ3v) is 4.18. The molecule has 0 heterocycles. The van der Waals surface area contributed by atoms with Gasteiger partial charge >= 0.3 is 0 Å². The van der Waals surface area contributed by atoms with Crippen molar-refractivity contribution in [2.45, 2.75) is 45.2 Å². The summed E-state index contributed by atoms with van der Waals surface area (Å²) in [4.78, 5) is 0. The first kappa shape index (κ1) is 14.8. The van der Waals surface area contributed by atoms with Crippen LogP contribution in [0.2, 0.25) is 0 Å². The maximum absolute atomic E-state index is 13.3. The van der Waals surface area contributed by atoms with Gasteiger partial charge in [-0.2, -0.15) is 0 Å². The lowest BCUT2D eigenvalue weighted by Gasteiger charge is -2.21. The van der Waals surface area contributed by atoms with E-state index in [4.69, 9.17) is 10.9 Å². The van der Waals surface area contributed by atoms with E-state index < -0.39 is 0 Å². The summed E-state index contributed by atoms with van der Waals surface area (Å²) in [6, 6.07) is 4.79. The third-order valence-electron chi connectivity index (χ3n) is 4.18. The first-order valence-corrected chi connectivity index (χ1v) is 7.11. The van der Waals surface area contributed by atoms with Gasteiger partial charge in [0.05, 0.1) is 0 Å². The lowest BCUT2D eigenvalue weighted by molar-refractivity contribution is 0.318. The highest BCUT2D eigenvalue weighted by molar-refractivity contribution is 5.98. The molecule has 1 atom stereocenters. The summed E-state index contributed by atoms with van der Waals surface area (Å²) in [5.74, 6) is 0.261. The predicted octanol–water partition coefficient (Wildman–Crippen LogP) is 2.59. The summed E-state index contributed by atoms with van der Waals surface area (Å²) in [6.45, 7) is 2.77. The smallest absolute Gasteiger partial charge is 0.170 e. The van der Waals surface area contributed by atoms with Crippen molar-refractivity contribution < 1.29 is 9.60 Å². The lowest BCUT2D eigenvalue weighted by Crippen LogP contribution is -2.32. The van der Waals surface area contributed by atoms with Crippen LogP contribution in [0, 0.1) is 11.7 Å². The number of benzene rings is 1. The number of nitrogens with two attached hydrogens (primary N) is 1. The second kappa shape index (κ2) is 6.70. The Labute approximate surface area is 118 Å². The fourth-order valence-corrected chi connectivity index (χ4v) is 2.89. The molecule has 20 heavy (non-hydrogen) atoms. The van der Waals surface area contributed by atoms with E-state index in [1.807, 2.05) is 0 Å². The van der Waals surface area contributed by atoms with E-state index in [0.717, 1.165) is 5.56 Å². The minimum Gasteiger partial charge on any atom is -0.409 e. The molecule has 0 aromatic heterocycles. The summed E-state index contributed by atoms with van der Waals surface area (Å²) in [7, 11) is 0. The molecule has 0 amide bonds. The molecule has 1 aliphatic carbocycles.